The van der Waals surface area contributed by atoms with Gasteiger partial charge in [-0.2, -0.15) is 13.2 Å². The number of urea groups is 1. The minimum atomic E-state index is -4.60. The second kappa shape index (κ2) is 10.7. The first-order valence-electron chi connectivity index (χ1n) is 12.2. The topological polar surface area (TPSA) is 80.4 Å². The maximum absolute atomic E-state index is 13.7. The number of carbonyl (C=O) groups excluding carboxylic acids is 1. The van der Waals surface area contributed by atoms with Gasteiger partial charge in [-0.1, -0.05) is 18.2 Å². The molecule has 2 aromatic heterocycles. The Morgan fingerprint density at radius 2 is 1.77 bits per heavy atom. The number of alkyl halides is 3. The number of hydrogen-bond donors (Lipinski definition) is 1. The van der Waals surface area contributed by atoms with Crippen LogP contribution in [0.3, 0.4) is 0 Å². The zero-order chi connectivity index (χ0) is 28.4. The summed E-state index contributed by atoms with van der Waals surface area (Å²) in [6.45, 7) is 1.54. The summed E-state index contributed by atoms with van der Waals surface area (Å²) in [7, 11) is 0. The van der Waals surface area contributed by atoms with Crippen molar-refractivity contribution in [3.8, 4) is 5.69 Å². The lowest BCUT2D eigenvalue weighted by Crippen LogP contribution is -2.39. The van der Waals surface area contributed by atoms with Crippen LogP contribution < -0.4 is 10.9 Å². The number of benzene rings is 3. The third kappa shape index (κ3) is 5.44. The van der Waals surface area contributed by atoms with Crippen molar-refractivity contribution < 1.29 is 26.8 Å². The lowest BCUT2D eigenvalue weighted by Gasteiger charge is -2.30. The Balaban J connectivity index is 1.61. The predicted octanol–water partition coefficient (Wildman–Crippen LogP) is 6.93. The molecule has 5 aromatic rings. The molecule has 40 heavy (non-hydrogen) atoms. The molecule has 1 N–H and O–H groups in total. The molecule has 0 aliphatic carbocycles. The van der Waals surface area contributed by atoms with Gasteiger partial charge in [-0.3, -0.25) is 9.36 Å². The van der Waals surface area contributed by atoms with E-state index in [1.165, 1.54) is 52.1 Å². The molecule has 0 saturated heterocycles. The van der Waals surface area contributed by atoms with Crippen LogP contribution in [0.2, 0.25) is 0 Å². The van der Waals surface area contributed by atoms with Crippen LogP contribution in [0.1, 0.15) is 30.1 Å². The fourth-order valence-corrected chi connectivity index (χ4v) is 4.33. The first kappa shape index (κ1) is 26.7. The van der Waals surface area contributed by atoms with E-state index in [9.17, 15) is 27.2 Å². The molecule has 0 bridgehead atoms. The summed E-state index contributed by atoms with van der Waals surface area (Å²) in [5.41, 5.74) is -0.724. The summed E-state index contributed by atoms with van der Waals surface area (Å²) in [4.78, 5) is 33.2. The second-order valence-electron chi connectivity index (χ2n) is 9.00. The number of nitrogens with one attached hydrogen (secondary N) is 1. The molecule has 11 heteroatoms. The summed E-state index contributed by atoms with van der Waals surface area (Å²) in [6, 6.07) is 17.8. The Kier molecular flexibility index (Phi) is 7.12. The van der Waals surface area contributed by atoms with Crippen LogP contribution in [-0.2, 0) is 12.7 Å². The number of nitrogens with zero attached hydrogens (tertiary/aromatic N) is 3. The number of aromatic nitrogens is 2. The van der Waals surface area contributed by atoms with E-state index in [1.807, 2.05) is 0 Å². The van der Waals surface area contributed by atoms with Gasteiger partial charge >= 0.3 is 12.2 Å². The van der Waals surface area contributed by atoms with Crippen molar-refractivity contribution in [2.75, 3.05) is 5.32 Å². The third-order valence-corrected chi connectivity index (χ3v) is 6.34. The Morgan fingerprint density at radius 1 is 1.02 bits per heavy atom. The van der Waals surface area contributed by atoms with Crippen molar-refractivity contribution in [2.45, 2.75) is 25.7 Å². The van der Waals surface area contributed by atoms with Crippen LogP contribution in [0.25, 0.3) is 16.6 Å². The van der Waals surface area contributed by atoms with Gasteiger partial charge in [0.2, 0.25) is 0 Å². The van der Waals surface area contributed by atoms with Gasteiger partial charge in [0, 0.05) is 5.69 Å². The van der Waals surface area contributed by atoms with E-state index in [0.29, 0.717) is 22.4 Å². The van der Waals surface area contributed by atoms with E-state index in [2.05, 4.69) is 10.3 Å². The van der Waals surface area contributed by atoms with E-state index in [-0.39, 0.29) is 18.1 Å². The van der Waals surface area contributed by atoms with Gasteiger partial charge in [0.15, 0.2) is 0 Å². The Bertz CT molecular complexity index is 1710. The number of furan rings is 1. The molecule has 2 heterocycles. The molecule has 0 radical (unpaired) electrons. The second-order valence-corrected chi connectivity index (χ2v) is 9.00. The van der Waals surface area contributed by atoms with Gasteiger partial charge in [-0.05, 0) is 73.7 Å². The van der Waals surface area contributed by atoms with Crippen molar-refractivity contribution in [3.05, 3.63) is 125 Å². The number of amides is 2. The highest BCUT2D eigenvalue weighted by molar-refractivity contribution is 5.89. The smallest absolute Gasteiger partial charge is 0.416 e. The summed E-state index contributed by atoms with van der Waals surface area (Å²) in [5, 5.41) is 2.83. The molecule has 0 spiro atoms. The van der Waals surface area contributed by atoms with Crippen LogP contribution in [0.15, 0.2) is 100 Å². The third-order valence-electron chi connectivity index (χ3n) is 6.34. The molecule has 1 unspecified atom stereocenters. The molecule has 2 amide bonds. The Labute approximate surface area is 225 Å². The number of hydrogen-bond acceptors (Lipinski definition) is 4. The van der Waals surface area contributed by atoms with Gasteiger partial charge in [0.05, 0.1) is 41.0 Å². The fourth-order valence-electron chi connectivity index (χ4n) is 4.33. The Hall–Kier alpha value is -4.93. The largest absolute Gasteiger partial charge is 0.467 e. The molecule has 0 aliphatic rings. The maximum atomic E-state index is 13.7. The van der Waals surface area contributed by atoms with Gasteiger partial charge in [0.1, 0.15) is 17.4 Å². The lowest BCUT2D eigenvalue weighted by molar-refractivity contribution is -0.137. The van der Waals surface area contributed by atoms with Gasteiger partial charge < -0.3 is 14.6 Å². The fraction of sp³-hybridized carbons (Fsp3) is 0.138. The minimum Gasteiger partial charge on any atom is -0.467 e. The lowest BCUT2D eigenvalue weighted by atomic mass is 10.1. The average molecular weight is 551 g/mol. The number of para-hydroxylation sites is 1. The molecule has 0 saturated carbocycles. The number of rotatable bonds is 6. The van der Waals surface area contributed by atoms with Crippen LogP contribution in [0, 0.1) is 5.82 Å². The minimum absolute atomic E-state index is 0.0705. The van der Waals surface area contributed by atoms with Crippen LogP contribution >= 0.6 is 0 Å². The molecule has 7 nitrogen and oxygen atoms in total. The number of halogens is 4. The van der Waals surface area contributed by atoms with E-state index in [4.69, 9.17) is 4.42 Å². The molecule has 0 fully saturated rings. The van der Waals surface area contributed by atoms with Crippen molar-refractivity contribution in [1.82, 2.24) is 14.5 Å². The van der Waals surface area contributed by atoms with Crippen LogP contribution in [-0.4, -0.2) is 20.5 Å². The van der Waals surface area contributed by atoms with E-state index >= 15 is 0 Å². The number of carbonyl (C=O) groups is 1. The summed E-state index contributed by atoms with van der Waals surface area (Å²) in [5.74, 6) is 0.0450. The van der Waals surface area contributed by atoms with Gasteiger partial charge in [-0.15, -0.1) is 0 Å². The van der Waals surface area contributed by atoms with E-state index < -0.39 is 35.2 Å². The molecule has 3 aromatic carbocycles. The van der Waals surface area contributed by atoms with Crippen LogP contribution in [0.5, 0.6) is 0 Å². The van der Waals surface area contributed by atoms with Crippen molar-refractivity contribution in [2.24, 2.45) is 0 Å². The monoisotopic (exact) mass is 550 g/mol. The first-order valence-corrected chi connectivity index (χ1v) is 12.2. The Morgan fingerprint density at radius 3 is 2.48 bits per heavy atom. The maximum Gasteiger partial charge on any atom is 0.416 e. The highest BCUT2D eigenvalue weighted by Gasteiger charge is 2.31. The highest BCUT2D eigenvalue weighted by atomic mass is 19.4. The zero-order valence-electron chi connectivity index (χ0n) is 21.0. The summed E-state index contributed by atoms with van der Waals surface area (Å²) >= 11 is 0. The summed E-state index contributed by atoms with van der Waals surface area (Å²) < 4.78 is 60.2. The first-order chi connectivity index (χ1) is 19.1. The van der Waals surface area contributed by atoms with E-state index in [0.717, 1.165) is 12.1 Å². The zero-order valence-corrected chi connectivity index (χ0v) is 21.0. The molecule has 5 rings (SSSR count). The molecular formula is C29H22F4N4O3. The standard InChI is InChI=1S/C29H22F4N4O3/c1-18(26-35-25-10-3-2-9-24(25)27(38)37(26)22-13-11-20(30)12-14-22)36(17-23-8-5-15-40-23)28(39)34-21-7-4-6-19(16-21)29(31,32)33/h2-16,18H,17H2,1H3,(H,34,39). The predicted molar refractivity (Wildman–Crippen MR) is 140 cm³/mol. The SMILES string of the molecule is CC(c1nc2ccccc2c(=O)n1-c1ccc(F)cc1)N(Cc1ccco1)C(=O)Nc1cccc(C(F)(F)F)c1. The quantitative estimate of drug-likeness (QED) is 0.233. The van der Waals surface area contributed by atoms with E-state index in [1.54, 1.807) is 43.3 Å². The van der Waals surface area contributed by atoms with Crippen molar-refractivity contribution >= 4 is 22.6 Å². The van der Waals surface area contributed by atoms with Crippen LogP contribution in [0.4, 0.5) is 28.0 Å². The molecular weight excluding hydrogens is 528 g/mol. The molecule has 1 atom stereocenters. The van der Waals surface area contributed by atoms with Crippen molar-refractivity contribution in [3.63, 3.8) is 0 Å². The number of anilines is 1. The van der Waals surface area contributed by atoms with Gasteiger partial charge in [0.25, 0.3) is 5.56 Å². The van der Waals surface area contributed by atoms with Gasteiger partial charge in [-0.25, -0.2) is 14.2 Å². The van der Waals surface area contributed by atoms with Crippen molar-refractivity contribution in [1.29, 1.82) is 0 Å². The molecule has 204 valence electrons. The summed E-state index contributed by atoms with van der Waals surface area (Å²) in [6.07, 6.45) is -3.17. The average Bonchev–Trinajstić information content (AvgIpc) is 3.45. The molecule has 0 aliphatic heterocycles. The number of fused-ring (bicyclic) bond motifs is 1. The normalized spacial score (nSPS) is 12.3. The highest BCUT2D eigenvalue weighted by Crippen LogP contribution is 2.31.